The van der Waals surface area contributed by atoms with E-state index < -0.39 is 0 Å². The minimum absolute atomic E-state index is 0. The second-order valence-corrected chi connectivity index (χ2v) is 7.93. The van der Waals surface area contributed by atoms with Gasteiger partial charge in [0.25, 0.3) is 0 Å². The minimum atomic E-state index is 0. The summed E-state index contributed by atoms with van der Waals surface area (Å²) in [6, 6.07) is 0.563. The fraction of sp³-hybridized carbons (Fsp3) is 0.938. The maximum absolute atomic E-state index is 4.77. The first-order valence-corrected chi connectivity index (χ1v) is 9.55. The highest BCUT2D eigenvalue weighted by Gasteiger charge is 2.20. The molecule has 0 aromatic carbocycles. The quantitative estimate of drug-likeness (QED) is 0.361. The SMILES string of the molecule is CCCN1CCC(NC(=NCC(C)(C)SC)NCC)CC1.I. The summed E-state index contributed by atoms with van der Waals surface area (Å²) < 4.78 is 0.201. The molecule has 1 fully saturated rings. The van der Waals surface area contributed by atoms with E-state index in [1.807, 2.05) is 11.8 Å². The van der Waals surface area contributed by atoms with Crippen LogP contribution in [0.5, 0.6) is 0 Å². The number of nitrogens with zero attached hydrogens (tertiary/aromatic N) is 2. The van der Waals surface area contributed by atoms with Crippen LogP contribution in [0.2, 0.25) is 0 Å². The Labute approximate surface area is 158 Å². The van der Waals surface area contributed by atoms with Crippen LogP contribution in [0.25, 0.3) is 0 Å². The lowest BCUT2D eigenvalue weighted by atomic mass is 10.1. The molecule has 0 aromatic rings. The molecule has 0 saturated carbocycles. The van der Waals surface area contributed by atoms with E-state index in [1.54, 1.807) is 0 Å². The van der Waals surface area contributed by atoms with E-state index in [4.69, 9.17) is 4.99 Å². The molecule has 0 aliphatic carbocycles. The standard InChI is InChI=1S/C16H34N4S.HI/c1-6-10-20-11-8-14(9-12-20)19-15(17-7-2)18-13-16(3,4)21-5;/h14H,6-13H2,1-5H3,(H2,17,18,19);1H. The van der Waals surface area contributed by atoms with Crippen LogP contribution in [0.3, 0.4) is 0 Å². The Balaban J connectivity index is 0.00000441. The number of rotatable bonds is 7. The van der Waals surface area contributed by atoms with Gasteiger partial charge < -0.3 is 15.5 Å². The van der Waals surface area contributed by atoms with E-state index in [9.17, 15) is 0 Å². The van der Waals surface area contributed by atoms with Crippen LogP contribution in [0, 0.1) is 0 Å². The zero-order valence-corrected chi connectivity index (χ0v) is 18.1. The van der Waals surface area contributed by atoms with Gasteiger partial charge in [-0.05, 0) is 52.8 Å². The van der Waals surface area contributed by atoms with Gasteiger partial charge >= 0.3 is 0 Å². The second kappa shape index (κ2) is 11.8. The molecule has 1 rings (SSSR count). The molecule has 0 aromatic heterocycles. The van der Waals surface area contributed by atoms with Crippen molar-refractivity contribution in [1.82, 2.24) is 15.5 Å². The maximum Gasteiger partial charge on any atom is 0.191 e. The molecule has 0 spiro atoms. The molecule has 6 heteroatoms. The van der Waals surface area contributed by atoms with Crippen LogP contribution in [-0.2, 0) is 0 Å². The lowest BCUT2D eigenvalue weighted by molar-refractivity contribution is 0.206. The third-order valence-corrected chi connectivity index (χ3v) is 5.22. The molecule has 2 N–H and O–H groups in total. The van der Waals surface area contributed by atoms with Crippen molar-refractivity contribution in [3.8, 4) is 0 Å². The predicted octanol–water partition coefficient (Wildman–Crippen LogP) is 3.18. The normalized spacial score (nSPS) is 18.0. The second-order valence-electron chi connectivity index (χ2n) is 6.42. The Hall–Kier alpha value is 0.310. The number of halogens is 1. The zero-order chi connectivity index (χ0) is 15.7. The smallest absolute Gasteiger partial charge is 0.191 e. The minimum Gasteiger partial charge on any atom is -0.357 e. The number of hydrogen-bond donors (Lipinski definition) is 2. The molecule has 0 atom stereocenters. The summed E-state index contributed by atoms with van der Waals surface area (Å²) in [4.78, 5) is 7.33. The molecule has 132 valence electrons. The van der Waals surface area contributed by atoms with Gasteiger partial charge in [0.1, 0.15) is 0 Å². The highest BCUT2D eigenvalue weighted by Crippen LogP contribution is 2.21. The van der Waals surface area contributed by atoms with Crippen molar-refractivity contribution in [3.05, 3.63) is 0 Å². The van der Waals surface area contributed by atoms with E-state index in [2.05, 4.69) is 49.5 Å². The van der Waals surface area contributed by atoms with Gasteiger partial charge in [0.2, 0.25) is 0 Å². The molecular formula is C16H35IN4S. The lowest BCUT2D eigenvalue weighted by Crippen LogP contribution is -2.49. The van der Waals surface area contributed by atoms with Crippen molar-refractivity contribution < 1.29 is 0 Å². The Morgan fingerprint density at radius 1 is 1.27 bits per heavy atom. The fourth-order valence-electron chi connectivity index (χ4n) is 2.46. The molecule has 4 nitrogen and oxygen atoms in total. The van der Waals surface area contributed by atoms with Crippen molar-refractivity contribution in [3.63, 3.8) is 0 Å². The fourth-order valence-corrected chi connectivity index (χ4v) is 2.66. The first-order valence-electron chi connectivity index (χ1n) is 8.33. The Bertz CT molecular complexity index is 315. The molecule has 0 unspecified atom stereocenters. The molecule has 1 heterocycles. The summed E-state index contributed by atoms with van der Waals surface area (Å²) in [6.07, 6.45) is 5.85. The monoisotopic (exact) mass is 442 g/mol. The van der Waals surface area contributed by atoms with Gasteiger partial charge in [-0.2, -0.15) is 11.8 Å². The topological polar surface area (TPSA) is 39.7 Å². The molecule has 1 aliphatic rings. The highest BCUT2D eigenvalue weighted by molar-refractivity contribution is 14.0. The molecular weight excluding hydrogens is 407 g/mol. The first-order chi connectivity index (χ1) is 10.0. The van der Waals surface area contributed by atoms with E-state index in [0.29, 0.717) is 6.04 Å². The molecule has 1 aliphatic heterocycles. The third-order valence-electron chi connectivity index (χ3n) is 3.98. The van der Waals surface area contributed by atoms with Crippen molar-refractivity contribution in [2.75, 3.05) is 39.0 Å². The van der Waals surface area contributed by atoms with Gasteiger partial charge in [0, 0.05) is 30.4 Å². The summed E-state index contributed by atoms with van der Waals surface area (Å²) in [6.45, 7) is 14.3. The third kappa shape index (κ3) is 8.82. The van der Waals surface area contributed by atoms with Crippen LogP contribution in [-0.4, -0.2) is 60.6 Å². The van der Waals surface area contributed by atoms with Crippen LogP contribution in [0.15, 0.2) is 4.99 Å². The van der Waals surface area contributed by atoms with Gasteiger partial charge in [-0.25, -0.2) is 0 Å². The van der Waals surface area contributed by atoms with Crippen LogP contribution in [0.1, 0.15) is 47.0 Å². The summed E-state index contributed by atoms with van der Waals surface area (Å²) in [5.74, 6) is 0.980. The first kappa shape index (κ1) is 22.3. The van der Waals surface area contributed by atoms with Gasteiger partial charge in [-0.15, -0.1) is 24.0 Å². The summed E-state index contributed by atoms with van der Waals surface area (Å²) in [5.41, 5.74) is 0. The molecule has 0 bridgehead atoms. The summed E-state index contributed by atoms with van der Waals surface area (Å²) in [7, 11) is 0. The van der Waals surface area contributed by atoms with Crippen molar-refractivity contribution >= 4 is 41.7 Å². The van der Waals surface area contributed by atoms with Crippen LogP contribution in [0.4, 0.5) is 0 Å². The summed E-state index contributed by atoms with van der Waals surface area (Å²) >= 11 is 1.87. The van der Waals surface area contributed by atoms with Crippen molar-refractivity contribution in [1.29, 1.82) is 0 Å². The van der Waals surface area contributed by atoms with Gasteiger partial charge in [-0.3, -0.25) is 4.99 Å². The van der Waals surface area contributed by atoms with Crippen LogP contribution < -0.4 is 10.6 Å². The average Bonchev–Trinajstić information content (AvgIpc) is 2.47. The molecule has 0 amide bonds. The number of thioether (sulfide) groups is 1. The van der Waals surface area contributed by atoms with Gasteiger partial charge in [0.05, 0.1) is 6.54 Å². The van der Waals surface area contributed by atoms with Crippen molar-refractivity contribution in [2.45, 2.75) is 57.7 Å². The van der Waals surface area contributed by atoms with Crippen molar-refractivity contribution in [2.24, 2.45) is 4.99 Å². The van der Waals surface area contributed by atoms with Gasteiger partial charge in [-0.1, -0.05) is 6.92 Å². The molecule has 22 heavy (non-hydrogen) atoms. The highest BCUT2D eigenvalue weighted by atomic mass is 127. The average molecular weight is 442 g/mol. The summed E-state index contributed by atoms with van der Waals surface area (Å²) in [5, 5.41) is 7.00. The van der Waals surface area contributed by atoms with E-state index in [-0.39, 0.29) is 28.7 Å². The molecule has 1 saturated heterocycles. The number of likely N-dealkylation sites (tertiary alicyclic amines) is 1. The Morgan fingerprint density at radius 2 is 1.91 bits per heavy atom. The largest absolute Gasteiger partial charge is 0.357 e. The van der Waals surface area contributed by atoms with Crippen LogP contribution >= 0.6 is 35.7 Å². The number of guanidine groups is 1. The number of nitrogens with one attached hydrogen (secondary N) is 2. The Morgan fingerprint density at radius 3 is 2.41 bits per heavy atom. The lowest BCUT2D eigenvalue weighted by Gasteiger charge is -2.33. The maximum atomic E-state index is 4.77. The van der Waals surface area contributed by atoms with Gasteiger partial charge in [0.15, 0.2) is 5.96 Å². The number of hydrogen-bond acceptors (Lipinski definition) is 3. The van der Waals surface area contributed by atoms with E-state index in [0.717, 1.165) is 19.0 Å². The number of piperidine rings is 1. The van der Waals surface area contributed by atoms with E-state index in [1.165, 1.54) is 38.9 Å². The zero-order valence-electron chi connectivity index (χ0n) is 14.9. The predicted molar refractivity (Wildman–Crippen MR) is 112 cm³/mol. The molecule has 0 radical (unpaired) electrons. The Kier molecular flexibility index (Phi) is 12.0. The van der Waals surface area contributed by atoms with E-state index >= 15 is 0 Å². The number of aliphatic imine (C=N–C) groups is 1.